The second-order valence-electron chi connectivity index (χ2n) is 4.82. The van der Waals surface area contributed by atoms with E-state index in [1.54, 1.807) is 0 Å². The molecule has 0 saturated heterocycles. The molecule has 0 amide bonds. The van der Waals surface area contributed by atoms with Crippen LogP contribution in [0.1, 0.15) is 31.7 Å². The molecule has 1 rings (SSSR count). The Morgan fingerprint density at radius 1 is 1.32 bits per heavy atom. The largest absolute Gasteiger partial charge is 0.493 e. The van der Waals surface area contributed by atoms with Crippen molar-refractivity contribution in [2.45, 2.75) is 38.2 Å². The van der Waals surface area contributed by atoms with E-state index in [-0.39, 0.29) is 13.2 Å². The molecule has 4 heteroatoms. The van der Waals surface area contributed by atoms with Gasteiger partial charge in [0.15, 0.2) is 0 Å². The van der Waals surface area contributed by atoms with E-state index >= 15 is 0 Å². The van der Waals surface area contributed by atoms with Gasteiger partial charge in [-0.05, 0) is 37.3 Å². The lowest BCUT2D eigenvalue weighted by Crippen LogP contribution is -2.37. The summed E-state index contributed by atoms with van der Waals surface area (Å²) in [6.45, 7) is 2.88. The quantitative estimate of drug-likeness (QED) is 0.592. The Morgan fingerprint density at radius 2 is 2.05 bits per heavy atom. The average molecular weight is 267 g/mol. The Bertz CT molecular complexity index is 364. The van der Waals surface area contributed by atoms with Crippen LogP contribution in [0, 0.1) is 0 Å². The first-order valence-corrected chi connectivity index (χ1v) is 6.89. The van der Waals surface area contributed by atoms with Crippen molar-refractivity contribution in [2.75, 3.05) is 19.8 Å². The summed E-state index contributed by atoms with van der Waals surface area (Å²) in [5.74, 6) is 0.810. The maximum absolute atomic E-state index is 10.1. The maximum atomic E-state index is 10.1. The van der Waals surface area contributed by atoms with Crippen LogP contribution in [-0.2, 0) is 6.42 Å². The molecule has 1 aromatic carbocycles. The lowest BCUT2D eigenvalue weighted by molar-refractivity contribution is 0.0308. The molecule has 1 unspecified atom stereocenters. The summed E-state index contributed by atoms with van der Waals surface area (Å²) in [7, 11) is 0. The molecule has 1 atom stereocenters. The highest BCUT2D eigenvalue weighted by Gasteiger charge is 2.21. The lowest BCUT2D eigenvalue weighted by atomic mass is 9.95. The molecule has 0 aliphatic rings. The third-order valence-corrected chi connectivity index (χ3v) is 3.44. The first-order valence-electron chi connectivity index (χ1n) is 6.89. The van der Waals surface area contributed by atoms with E-state index in [2.05, 4.69) is 0 Å². The van der Waals surface area contributed by atoms with Crippen LogP contribution in [0.3, 0.4) is 0 Å². The van der Waals surface area contributed by atoms with E-state index in [4.69, 9.17) is 15.6 Å². The summed E-state index contributed by atoms with van der Waals surface area (Å²) < 4.78 is 5.71. The molecule has 0 aliphatic carbocycles. The Hall–Kier alpha value is -1.10. The van der Waals surface area contributed by atoms with Crippen molar-refractivity contribution in [1.82, 2.24) is 0 Å². The number of para-hydroxylation sites is 1. The van der Waals surface area contributed by atoms with Crippen molar-refractivity contribution in [1.29, 1.82) is 0 Å². The molecular formula is C15H25NO3. The summed E-state index contributed by atoms with van der Waals surface area (Å²) in [4.78, 5) is 0. The van der Waals surface area contributed by atoms with Gasteiger partial charge in [0.1, 0.15) is 5.75 Å². The summed E-state index contributed by atoms with van der Waals surface area (Å²) >= 11 is 0. The van der Waals surface area contributed by atoms with Crippen LogP contribution in [0.5, 0.6) is 5.75 Å². The van der Waals surface area contributed by atoms with Crippen molar-refractivity contribution in [3.63, 3.8) is 0 Å². The molecule has 1 aromatic rings. The second-order valence-corrected chi connectivity index (χ2v) is 4.82. The zero-order valence-corrected chi connectivity index (χ0v) is 11.6. The molecule has 0 aliphatic heterocycles. The minimum atomic E-state index is -0.770. The first-order chi connectivity index (χ1) is 9.15. The third kappa shape index (κ3) is 5.19. The zero-order chi connectivity index (χ0) is 14.1. The summed E-state index contributed by atoms with van der Waals surface area (Å²) in [6.07, 6.45) is 2.65. The predicted octanol–water partition coefficient (Wildman–Crippen LogP) is 1.48. The van der Waals surface area contributed by atoms with Crippen molar-refractivity contribution >= 4 is 0 Å². The van der Waals surface area contributed by atoms with Gasteiger partial charge < -0.3 is 20.7 Å². The molecule has 108 valence electrons. The monoisotopic (exact) mass is 267 g/mol. The smallest absolute Gasteiger partial charge is 0.122 e. The van der Waals surface area contributed by atoms with Gasteiger partial charge in [0.25, 0.3) is 0 Å². The van der Waals surface area contributed by atoms with Crippen molar-refractivity contribution < 1.29 is 14.9 Å². The van der Waals surface area contributed by atoms with Gasteiger partial charge in [0.05, 0.1) is 12.2 Å². The molecule has 0 bridgehead atoms. The molecular weight excluding hydrogens is 242 g/mol. The highest BCUT2D eigenvalue weighted by molar-refractivity contribution is 5.33. The number of hydrogen-bond donors (Lipinski definition) is 3. The van der Waals surface area contributed by atoms with Gasteiger partial charge in [-0.3, -0.25) is 0 Å². The van der Waals surface area contributed by atoms with Crippen LogP contribution in [0.15, 0.2) is 24.3 Å². The van der Waals surface area contributed by atoms with E-state index in [0.29, 0.717) is 25.9 Å². The molecule has 0 spiro atoms. The number of rotatable bonds is 9. The molecule has 19 heavy (non-hydrogen) atoms. The zero-order valence-electron chi connectivity index (χ0n) is 11.6. The maximum Gasteiger partial charge on any atom is 0.122 e. The number of aliphatic hydroxyl groups is 2. The van der Waals surface area contributed by atoms with Crippen LogP contribution < -0.4 is 10.5 Å². The molecule has 0 aromatic heterocycles. The minimum Gasteiger partial charge on any atom is -0.493 e. The molecule has 4 N–H and O–H groups in total. The molecule has 0 fully saturated rings. The second kappa shape index (κ2) is 8.15. The Balaban J connectivity index is 2.41. The van der Waals surface area contributed by atoms with Gasteiger partial charge in [0.2, 0.25) is 0 Å². The number of benzene rings is 1. The predicted molar refractivity (Wildman–Crippen MR) is 76.3 cm³/mol. The number of aliphatic hydroxyl groups excluding tert-OH is 1. The van der Waals surface area contributed by atoms with Crippen LogP contribution >= 0.6 is 0 Å². The fourth-order valence-corrected chi connectivity index (χ4v) is 1.98. The Morgan fingerprint density at radius 3 is 2.68 bits per heavy atom. The highest BCUT2D eigenvalue weighted by atomic mass is 16.5. The van der Waals surface area contributed by atoms with Gasteiger partial charge in [-0.2, -0.15) is 0 Å². The molecule has 0 saturated carbocycles. The Labute approximate surface area is 115 Å². The minimum absolute atomic E-state index is 0.114. The van der Waals surface area contributed by atoms with E-state index < -0.39 is 5.60 Å². The van der Waals surface area contributed by atoms with E-state index in [9.17, 15) is 5.11 Å². The van der Waals surface area contributed by atoms with Crippen LogP contribution in [0.2, 0.25) is 0 Å². The number of ether oxygens (including phenoxy) is 1. The fraction of sp³-hybridized carbons (Fsp3) is 0.600. The average Bonchev–Trinajstić information content (AvgIpc) is 2.45. The third-order valence-electron chi connectivity index (χ3n) is 3.44. The number of nitrogens with two attached hydrogens (primary N) is 1. The van der Waals surface area contributed by atoms with E-state index in [1.807, 2.05) is 31.2 Å². The van der Waals surface area contributed by atoms with Gasteiger partial charge in [-0.25, -0.2) is 0 Å². The van der Waals surface area contributed by atoms with E-state index in [0.717, 1.165) is 17.7 Å². The highest BCUT2D eigenvalue weighted by Crippen LogP contribution is 2.20. The lowest BCUT2D eigenvalue weighted by Gasteiger charge is -2.24. The molecule has 0 heterocycles. The standard InChI is InChI=1S/C15H25NO3/c1-2-15(18,12-16)9-5-11-19-14-7-4-3-6-13(14)8-10-17/h3-4,6-7,17-18H,2,5,8-12,16H2,1H3. The number of hydrogen-bond acceptors (Lipinski definition) is 4. The van der Waals surface area contributed by atoms with Gasteiger partial charge in [0, 0.05) is 13.2 Å². The summed E-state index contributed by atoms with van der Waals surface area (Å²) in [5.41, 5.74) is 5.79. The normalized spacial score (nSPS) is 14.1. The fourth-order valence-electron chi connectivity index (χ4n) is 1.98. The van der Waals surface area contributed by atoms with Crippen LogP contribution in [-0.4, -0.2) is 35.6 Å². The van der Waals surface area contributed by atoms with Crippen LogP contribution in [0.4, 0.5) is 0 Å². The summed E-state index contributed by atoms with van der Waals surface area (Å²) in [6, 6.07) is 7.70. The Kier molecular flexibility index (Phi) is 6.84. The van der Waals surface area contributed by atoms with Gasteiger partial charge in [-0.15, -0.1) is 0 Å². The summed E-state index contributed by atoms with van der Waals surface area (Å²) in [5, 5.41) is 19.0. The van der Waals surface area contributed by atoms with Gasteiger partial charge in [-0.1, -0.05) is 25.1 Å². The van der Waals surface area contributed by atoms with E-state index in [1.165, 1.54) is 0 Å². The van der Waals surface area contributed by atoms with Crippen LogP contribution in [0.25, 0.3) is 0 Å². The van der Waals surface area contributed by atoms with Crippen molar-refractivity contribution in [2.24, 2.45) is 5.73 Å². The van der Waals surface area contributed by atoms with Crippen molar-refractivity contribution in [3.8, 4) is 5.75 Å². The molecule has 0 radical (unpaired) electrons. The topological polar surface area (TPSA) is 75.7 Å². The van der Waals surface area contributed by atoms with Crippen molar-refractivity contribution in [3.05, 3.63) is 29.8 Å². The SMILES string of the molecule is CCC(O)(CN)CCCOc1ccccc1CCO. The van der Waals surface area contributed by atoms with Gasteiger partial charge >= 0.3 is 0 Å². The molecule has 4 nitrogen and oxygen atoms in total. The first kappa shape index (κ1) is 16.0.